The van der Waals surface area contributed by atoms with Crippen molar-refractivity contribution < 1.29 is 23.1 Å². The van der Waals surface area contributed by atoms with E-state index in [2.05, 4.69) is 20.3 Å². The maximum absolute atomic E-state index is 15.5. The van der Waals surface area contributed by atoms with E-state index in [1.165, 1.54) is 49.5 Å². The van der Waals surface area contributed by atoms with Crippen molar-refractivity contribution in [2.45, 2.75) is 25.3 Å². The van der Waals surface area contributed by atoms with Crippen molar-refractivity contribution in [2.75, 3.05) is 0 Å². The van der Waals surface area contributed by atoms with Crippen molar-refractivity contribution >= 4 is 16.9 Å². The third-order valence-electron chi connectivity index (χ3n) is 5.39. The molecule has 3 heterocycles. The maximum Gasteiger partial charge on any atom is 0.255 e. The standard InChI is InChI=1S/C24H19F3N4O3/c1-12(21-17(26)10-14(25)11-29-21)30-23(33)16(9-13-4-6-15(32)7-5-13)19-20(27)22-18(31-24(19)34)3-2-8-28-22/h2-8,10-12,16,32H,9H2,1H3,(H,30,33)(H,31,34)/t12-,16+/m1/s1. The molecule has 0 unspecified atom stereocenters. The van der Waals surface area contributed by atoms with Gasteiger partial charge >= 0.3 is 0 Å². The van der Waals surface area contributed by atoms with E-state index in [1.807, 2.05) is 0 Å². The molecular formula is C24H19F3N4O3. The monoisotopic (exact) mass is 468 g/mol. The molecule has 0 spiro atoms. The smallest absolute Gasteiger partial charge is 0.255 e. The first-order chi connectivity index (χ1) is 16.2. The van der Waals surface area contributed by atoms with Crippen LogP contribution in [0.25, 0.3) is 11.0 Å². The highest BCUT2D eigenvalue weighted by molar-refractivity contribution is 5.86. The highest BCUT2D eigenvalue weighted by Crippen LogP contribution is 2.26. The zero-order valence-corrected chi connectivity index (χ0v) is 17.8. The van der Waals surface area contributed by atoms with E-state index in [9.17, 15) is 23.5 Å². The minimum atomic E-state index is -1.33. The molecule has 7 nitrogen and oxygen atoms in total. The van der Waals surface area contributed by atoms with E-state index in [0.717, 1.165) is 6.20 Å². The van der Waals surface area contributed by atoms with E-state index in [1.54, 1.807) is 0 Å². The summed E-state index contributed by atoms with van der Waals surface area (Å²) >= 11 is 0. The lowest BCUT2D eigenvalue weighted by Crippen LogP contribution is -2.36. The van der Waals surface area contributed by atoms with E-state index in [0.29, 0.717) is 11.6 Å². The number of aromatic hydroxyl groups is 1. The van der Waals surface area contributed by atoms with Gasteiger partial charge in [-0.05, 0) is 43.2 Å². The summed E-state index contributed by atoms with van der Waals surface area (Å²) in [5, 5.41) is 12.1. The van der Waals surface area contributed by atoms with Gasteiger partial charge in [0.1, 0.15) is 22.9 Å². The molecule has 174 valence electrons. The number of carbonyl (C=O) groups is 1. The molecule has 10 heteroatoms. The number of hydrogen-bond donors (Lipinski definition) is 3. The number of aromatic amines is 1. The average Bonchev–Trinajstić information content (AvgIpc) is 2.79. The van der Waals surface area contributed by atoms with Crippen LogP contribution in [0.1, 0.15) is 35.7 Å². The highest BCUT2D eigenvalue weighted by Gasteiger charge is 2.30. The maximum atomic E-state index is 15.5. The van der Waals surface area contributed by atoms with Gasteiger partial charge in [0.05, 0.1) is 34.9 Å². The molecule has 0 radical (unpaired) electrons. The molecule has 0 saturated heterocycles. The molecule has 0 fully saturated rings. The van der Waals surface area contributed by atoms with Crippen molar-refractivity contribution in [1.82, 2.24) is 20.3 Å². The number of halogens is 3. The van der Waals surface area contributed by atoms with Crippen LogP contribution in [0.4, 0.5) is 13.2 Å². The van der Waals surface area contributed by atoms with Crippen molar-refractivity contribution in [3.8, 4) is 5.75 Å². The number of phenolic OH excluding ortho intramolecular Hbond substituents is 1. The fourth-order valence-electron chi connectivity index (χ4n) is 3.73. The molecule has 1 amide bonds. The zero-order valence-electron chi connectivity index (χ0n) is 17.8. The van der Waals surface area contributed by atoms with Crippen molar-refractivity contribution in [2.24, 2.45) is 0 Å². The number of aromatic nitrogens is 3. The Hall–Kier alpha value is -4.21. The van der Waals surface area contributed by atoms with E-state index in [4.69, 9.17) is 0 Å². The number of hydrogen-bond acceptors (Lipinski definition) is 5. The first-order valence-corrected chi connectivity index (χ1v) is 10.3. The fraction of sp³-hybridized carbons (Fsp3) is 0.167. The second-order valence-corrected chi connectivity index (χ2v) is 7.76. The summed E-state index contributed by atoms with van der Waals surface area (Å²) < 4.78 is 42.8. The fourth-order valence-corrected chi connectivity index (χ4v) is 3.73. The Kier molecular flexibility index (Phi) is 6.31. The van der Waals surface area contributed by atoms with Crippen LogP contribution in [0, 0.1) is 17.5 Å². The van der Waals surface area contributed by atoms with Crippen LogP contribution >= 0.6 is 0 Å². The number of carbonyl (C=O) groups excluding carboxylic acids is 1. The minimum Gasteiger partial charge on any atom is -0.508 e. The third kappa shape index (κ3) is 4.61. The van der Waals surface area contributed by atoms with Gasteiger partial charge < -0.3 is 15.4 Å². The van der Waals surface area contributed by atoms with Gasteiger partial charge in [0.15, 0.2) is 5.82 Å². The molecule has 0 saturated carbocycles. The lowest BCUT2D eigenvalue weighted by Gasteiger charge is -2.21. The van der Waals surface area contributed by atoms with Gasteiger partial charge in [-0.15, -0.1) is 0 Å². The molecule has 0 aliphatic heterocycles. The molecule has 2 atom stereocenters. The number of pyridine rings is 3. The van der Waals surface area contributed by atoms with Crippen LogP contribution in [0.5, 0.6) is 5.75 Å². The molecule has 0 aliphatic rings. The molecule has 3 N–H and O–H groups in total. The van der Waals surface area contributed by atoms with Crippen LogP contribution < -0.4 is 10.9 Å². The van der Waals surface area contributed by atoms with Gasteiger partial charge in [-0.25, -0.2) is 13.2 Å². The van der Waals surface area contributed by atoms with E-state index < -0.39 is 46.4 Å². The molecule has 3 aromatic heterocycles. The van der Waals surface area contributed by atoms with Gasteiger partial charge in [0.25, 0.3) is 5.56 Å². The Morgan fingerprint density at radius 2 is 1.88 bits per heavy atom. The Bertz CT molecular complexity index is 1420. The Morgan fingerprint density at radius 3 is 2.59 bits per heavy atom. The molecular weight excluding hydrogens is 449 g/mol. The topological polar surface area (TPSA) is 108 Å². The number of fused-ring (bicyclic) bond motifs is 1. The van der Waals surface area contributed by atoms with Crippen molar-refractivity contribution in [3.63, 3.8) is 0 Å². The van der Waals surface area contributed by atoms with Crippen LogP contribution in [0.3, 0.4) is 0 Å². The predicted octanol–water partition coefficient (Wildman–Crippen LogP) is 3.64. The van der Waals surface area contributed by atoms with Crippen LogP contribution in [0.2, 0.25) is 0 Å². The highest BCUT2D eigenvalue weighted by atomic mass is 19.1. The van der Waals surface area contributed by atoms with Gasteiger partial charge in [-0.1, -0.05) is 12.1 Å². The van der Waals surface area contributed by atoms with E-state index >= 15 is 4.39 Å². The number of amides is 1. The summed E-state index contributed by atoms with van der Waals surface area (Å²) in [4.78, 5) is 36.3. The largest absolute Gasteiger partial charge is 0.508 e. The summed E-state index contributed by atoms with van der Waals surface area (Å²) in [5.74, 6) is -4.88. The molecule has 1 aromatic carbocycles. The van der Waals surface area contributed by atoms with Gasteiger partial charge in [0.2, 0.25) is 5.91 Å². The number of rotatable bonds is 6. The van der Waals surface area contributed by atoms with Crippen LogP contribution in [-0.4, -0.2) is 26.0 Å². The molecule has 34 heavy (non-hydrogen) atoms. The van der Waals surface area contributed by atoms with Crippen LogP contribution in [-0.2, 0) is 11.2 Å². The number of H-pyrrole nitrogens is 1. The number of nitrogens with zero attached hydrogens (tertiary/aromatic N) is 2. The summed E-state index contributed by atoms with van der Waals surface area (Å²) in [6, 6.07) is 8.51. The predicted molar refractivity (Wildman–Crippen MR) is 118 cm³/mol. The minimum absolute atomic E-state index is 0.00448. The zero-order chi connectivity index (χ0) is 24.4. The van der Waals surface area contributed by atoms with Gasteiger partial charge in [-0.3, -0.25) is 19.6 Å². The lowest BCUT2D eigenvalue weighted by atomic mass is 9.90. The van der Waals surface area contributed by atoms with Crippen molar-refractivity contribution in [1.29, 1.82) is 0 Å². The normalized spacial score (nSPS) is 12.9. The molecule has 0 aliphatic carbocycles. The second-order valence-electron chi connectivity index (χ2n) is 7.76. The molecule has 4 aromatic rings. The summed E-state index contributed by atoms with van der Waals surface area (Å²) in [6.45, 7) is 1.43. The number of nitrogens with one attached hydrogen (secondary N) is 2. The van der Waals surface area contributed by atoms with Crippen molar-refractivity contribution in [3.05, 3.63) is 99.5 Å². The number of benzene rings is 1. The second kappa shape index (κ2) is 9.34. The number of phenols is 1. The third-order valence-corrected chi connectivity index (χ3v) is 5.39. The quantitative estimate of drug-likeness (QED) is 0.401. The van der Waals surface area contributed by atoms with Gasteiger partial charge in [-0.2, -0.15) is 0 Å². The lowest BCUT2D eigenvalue weighted by molar-refractivity contribution is -0.123. The Labute approximate surface area is 191 Å². The first-order valence-electron chi connectivity index (χ1n) is 10.3. The van der Waals surface area contributed by atoms with Gasteiger partial charge in [0, 0.05) is 12.3 Å². The Balaban J connectivity index is 1.75. The van der Waals surface area contributed by atoms with Crippen LogP contribution in [0.15, 0.2) is 59.7 Å². The molecule has 0 bridgehead atoms. The van der Waals surface area contributed by atoms with E-state index in [-0.39, 0.29) is 28.9 Å². The average molecular weight is 468 g/mol. The SMILES string of the molecule is C[C@@H](NC(=O)[C@@H](Cc1ccc(O)cc1)c1c(F)c2ncccc2[nH]c1=O)c1ncc(F)cc1F. The summed E-state index contributed by atoms with van der Waals surface area (Å²) in [6.07, 6.45) is 2.07. The Morgan fingerprint density at radius 1 is 1.15 bits per heavy atom. The summed E-state index contributed by atoms with van der Waals surface area (Å²) in [5.41, 5.74) is -0.861. The first kappa shape index (κ1) is 23.0. The molecule has 4 rings (SSSR count). The summed E-state index contributed by atoms with van der Waals surface area (Å²) in [7, 11) is 0.